The second kappa shape index (κ2) is 3.13. The van der Waals surface area contributed by atoms with Gasteiger partial charge in [-0.25, -0.2) is 0 Å². The van der Waals surface area contributed by atoms with Gasteiger partial charge in [0, 0.05) is 10.8 Å². The highest BCUT2D eigenvalue weighted by Gasteiger charge is 2.55. The van der Waals surface area contributed by atoms with Crippen LogP contribution in [0, 0.1) is 5.92 Å². The Morgan fingerprint density at radius 3 is 2.86 bits per heavy atom. The Hall–Kier alpha value is -1.30. The third-order valence-corrected chi connectivity index (χ3v) is 2.75. The van der Waals surface area contributed by atoms with E-state index in [-0.39, 0.29) is 6.42 Å². The number of carbonyl (C=O) groups excluding carboxylic acids is 1. The zero-order valence-corrected chi connectivity index (χ0v) is 7.15. The van der Waals surface area contributed by atoms with Crippen LogP contribution in [-0.4, -0.2) is 40.5 Å². The first-order valence-electron chi connectivity index (χ1n) is 4.25. The summed E-state index contributed by atoms with van der Waals surface area (Å²) in [5.41, 5.74) is 8.26. The second-order valence-electron chi connectivity index (χ2n) is 3.50. The number of ether oxygens (including phenoxy) is 1. The Labute approximate surface area is 78.9 Å². The average molecular weight is 199 g/mol. The number of carbonyl (C=O) groups is 1. The van der Waals surface area contributed by atoms with Crippen LogP contribution in [-0.2, 0) is 9.53 Å². The van der Waals surface area contributed by atoms with E-state index >= 15 is 0 Å². The molecule has 2 aliphatic rings. The van der Waals surface area contributed by atoms with Crippen molar-refractivity contribution < 1.29 is 19.7 Å². The first-order valence-corrected chi connectivity index (χ1v) is 4.25. The molecule has 0 spiro atoms. The van der Waals surface area contributed by atoms with E-state index in [0.717, 1.165) is 0 Å². The molecular formula is C7H9N3O4. The number of fused-ring (bicyclic) bond motifs is 1. The zero-order chi connectivity index (χ0) is 10.3. The van der Waals surface area contributed by atoms with E-state index in [0.29, 0.717) is 0 Å². The largest absolute Gasteiger partial charge is 0.459 e. The normalized spacial score (nSPS) is 45.6. The Bertz CT molecular complexity index is 314. The minimum Gasteiger partial charge on any atom is -0.459 e. The van der Waals surface area contributed by atoms with E-state index < -0.39 is 36.2 Å². The highest BCUT2D eigenvalue weighted by atomic mass is 16.6. The van der Waals surface area contributed by atoms with Gasteiger partial charge < -0.3 is 14.9 Å². The number of rotatable bonds is 1. The molecule has 0 aromatic heterocycles. The van der Waals surface area contributed by atoms with Crippen molar-refractivity contribution in [3.8, 4) is 0 Å². The van der Waals surface area contributed by atoms with Crippen LogP contribution >= 0.6 is 0 Å². The van der Waals surface area contributed by atoms with E-state index in [1.165, 1.54) is 0 Å². The Kier molecular flexibility index (Phi) is 2.07. The summed E-state index contributed by atoms with van der Waals surface area (Å²) in [7, 11) is 0. The number of aliphatic hydroxyl groups is 2. The number of aliphatic hydroxyl groups excluding tert-OH is 2. The molecule has 1 saturated carbocycles. The molecule has 0 radical (unpaired) electrons. The van der Waals surface area contributed by atoms with Crippen molar-refractivity contribution in [1.82, 2.24) is 0 Å². The second-order valence-corrected chi connectivity index (χ2v) is 3.50. The molecule has 14 heavy (non-hydrogen) atoms. The Morgan fingerprint density at radius 2 is 2.21 bits per heavy atom. The van der Waals surface area contributed by atoms with Crippen molar-refractivity contribution in [3.63, 3.8) is 0 Å². The summed E-state index contributed by atoms with van der Waals surface area (Å²) in [5.74, 6) is -0.826. The summed E-state index contributed by atoms with van der Waals surface area (Å²) in [5, 5.41) is 22.3. The first-order chi connectivity index (χ1) is 6.65. The molecule has 0 unspecified atom stereocenters. The SMILES string of the molecule is [N-]=[N+]=N[C@@H]1[C@@H](O)[C@@H](O)[C@@H]2OC(=O)C[C@H]12. The molecule has 0 aromatic rings. The van der Waals surface area contributed by atoms with Crippen molar-refractivity contribution in [3.05, 3.63) is 10.4 Å². The molecule has 1 saturated heterocycles. The molecule has 2 fully saturated rings. The van der Waals surface area contributed by atoms with Crippen LogP contribution in [0.1, 0.15) is 6.42 Å². The van der Waals surface area contributed by atoms with Gasteiger partial charge in [0.05, 0.1) is 18.6 Å². The standard InChI is InChI=1S/C7H9N3O4/c8-10-9-4-2-1-3(11)14-7(2)6(13)5(4)12/h2,4-7,12-13H,1H2/t2-,4+,5-,6-,7-/m1/s1. The molecule has 2 N–H and O–H groups in total. The van der Waals surface area contributed by atoms with Crippen LogP contribution in [0.4, 0.5) is 0 Å². The predicted molar refractivity (Wildman–Crippen MR) is 42.9 cm³/mol. The maximum atomic E-state index is 10.9. The zero-order valence-electron chi connectivity index (χ0n) is 7.15. The summed E-state index contributed by atoms with van der Waals surface area (Å²) in [6.07, 6.45) is -2.94. The number of hydrogen-bond donors (Lipinski definition) is 2. The van der Waals surface area contributed by atoms with Gasteiger partial charge in [0.25, 0.3) is 0 Å². The van der Waals surface area contributed by atoms with Gasteiger partial charge in [0.15, 0.2) is 0 Å². The van der Waals surface area contributed by atoms with Crippen LogP contribution in [0.2, 0.25) is 0 Å². The third-order valence-electron chi connectivity index (χ3n) is 2.75. The van der Waals surface area contributed by atoms with Gasteiger partial charge in [-0.2, -0.15) is 0 Å². The molecule has 2 rings (SSSR count). The minimum absolute atomic E-state index is 0.0858. The van der Waals surface area contributed by atoms with Gasteiger partial charge in [-0.15, -0.1) is 0 Å². The fraction of sp³-hybridized carbons (Fsp3) is 0.857. The van der Waals surface area contributed by atoms with Gasteiger partial charge >= 0.3 is 5.97 Å². The van der Waals surface area contributed by atoms with E-state index in [1.807, 2.05) is 0 Å². The lowest BCUT2D eigenvalue weighted by Gasteiger charge is -2.14. The molecule has 0 aromatic carbocycles. The average Bonchev–Trinajstić information content (AvgIpc) is 2.61. The molecular weight excluding hydrogens is 190 g/mol. The fourth-order valence-electron chi connectivity index (χ4n) is 2.10. The van der Waals surface area contributed by atoms with E-state index in [1.54, 1.807) is 0 Å². The van der Waals surface area contributed by atoms with E-state index in [4.69, 9.17) is 10.3 Å². The molecule has 7 nitrogen and oxygen atoms in total. The van der Waals surface area contributed by atoms with Crippen molar-refractivity contribution in [2.75, 3.05) is 0 Å². The first kappa shape index (κ1) is 9.26. The van der Waals surface area contributed by atoms with Crippen LogP contribution in [0.3, 0.4) is 0 Å². The highest BCUT2D eigenvalue weighted by Crippen LogP contribution is 2.39. The summed E-state index contributed by atoms with van der Waals surface area (Å²) in [6.45, 7) is 0. The Balaban J connectivity index is 2.26. The van der Waals surface area contributed by atoms with Crippen molar-refractivity contribution in [2.24, 2.45) is 11.0 Å². The van der Waals surface area contributed by atoms with Crippen molar-refractivity contribution in [1.29, 1.82) is 0 Å². The third kappa shape index (κ3) is 1.14. The smallest absolute Gasteiger partial charge is 0.306 e. The van der Waals surface area contributed by atoms with Crippen LogP contribution in [0.15, 0.2) is 5.11 Å². The van der Waals surface area contributed by atoms with Gasteiger partial charge in [-0.1, -0.05) is 5.11 Å². The maximum Gasteiger partial charge on any atom is 0.306 e. The molecule has 76 valence electrons. The summed E-state index contributed by atoms with van der Waals surface area (Å²) < 4.78 is 4.81. The van der Waals surface area contributed by atoms with E-state index in [2.05, 4.69) is 10.0 Å². The lowest BCUT2D eigenvalue weighted by Crippen LogP contribution is -2.33. The van der Waals surface area contributed by atoms with Gasteiger partial charge in [0.1, 0.15) is 12.2 Å². The molecule has 0 amide bonds. The van der Waals surface area contributed by atoms with Gasteiger partial charge in [-0.05, 0) is 5.53 Å². The molecule has 1 aliphatic heterocycles. The molecule has 0 bridgehead atoms. The number of azide groups is 1. The quantitative estimate of drug-likeness (QED) is 0.252. The number of esters is 1. The number of hydrogen-bond acceptors (Lipinski definition) is 5. The van der Waals surface area contributed by atoms with Crippen LogP contribution < -0.4 is 0 Å². The van der Waals surface area contributed by atoms with Gasteiger partial charge in [-0.3, -0.25) is 4.79 Å². The van der Waals surface area contributed by atoms with Crippen LogP contribution in [0.25, 0.3) is 10.4 Å². The summed E-state index contributed by atoms with van der Waals surface area (Å²) >= 11 is 0. The topological polar surface area (TPSA) is 116 Å². The predicted octanol–water partition coefficient (Wildman–Crippen LogP) is -0.668. The highest BCUT2D eigenvalue weighted by molar-refractivity contribution is 5.72. The van der Waals surface area contributed by atoms with Gasteiger partial charge in [0.2, 0.25) is 0 Å². The fourth-order valence-corrected chi connectivity index (χ4v) is 2.10. The summed E-state index contributed by atoms with van der Waals surface area (Å²) in [6, 6.07) is -0.772. The monoisotopic (exact) mass is 199 g/mol. The lowest BCUT2D eigenvalue weighted by molar-refractivity contribution is -0.147. The lowest BCUT2D eigenvalue weighted by atomic mass is 10.0. The Morgan fingerprint density at radius 1 is 1.50 bits per heavy atom. The van der Waals surface area contributed by atoms with E-state index in [9.17, 15) is 15.0 Å². The van der Waals surface area contributed by atoms with Crippen molar-refractivity contribution >= 4 is 5.97 Å². The maximum absolute atomic E-state index is 10.9. The molecule has 7 heteroatoms. The number of nitrogens with zero attached hydrogens (tertiary/aromatic N) is 3. The summed E-state index contributed by atoms with van der Waals surface area (Å²) in [4.78, 5) is 13.5. The van der Waals surface area contributed by atoms with Crippen LogP contribution in [0.5, 0.6) is 0 Å². The molecule has 5 atom stereocenters. The minimum atomic E-state index is -1.15. The van der Waals surface area contributed by atoms with Crippen molar-refractivity contribution in [2.45, 2.75) is 30.8 Å². The molecule has 1 aliphatic carbocycles. The molecule has 1 heterocycles.